The van der Waals surface area contributed by atoms with Crippen LogP contribution in [0.1, 0.15) is 5.56 Å². The number of halogens is 1. The highest BCUT2D eigenvalue weighted by atomic mass is 79.9. The van der Waals surface area contributed by atoms with Crippen molar-refractivity contribution in [1.29, 1.82) is 0 Å². The van der Waals surface area contributed by atoms with E-state index in [9.17, 15) is 4.79 Å². The van der Waals surface area contributed by atoms with Gasteiger partial charge >= 0.3 is 0 Å². The number of nitrogens with one attached hydrogen (secondary N) is 1. The number of aryl methyl sites for hydroxylation is 1. The maximum absolute atomic E-state index is 11.8. The Hall–Kier alpha value is -2.01. The van der Waals surface area contributed by atoms with E-state index in [0.717, 1.165) is 10.0 Å². The minimum atomic E-state index is -0.239. The molecule has 3 N–H and O–H groups in total. The minimum Gasteiger partial charge on any atom is -0.482 e. The molecule has 0 bridgehead atoms. The molecule has 2 aromatic carbocycles. The number of rotatable bonds is 4. The van der Waals surface area contributed by atoms with Crippen LogP contribution in [0.3, 0.4) is 0 Å². The third-order valence-corrected chi connectivity index (χ3v) is 3.36. The first kappa shape index (κ1) is 14.4. The second kappa shape index (κ2) is 6.43. The van der Waals surface area contributed by atoms with Gasteiger partial charge in [-0.05, 0) is 52.7 Å². The quantitative estimate of drug-likeness (QED) is 0.842. The number of amides is 1. The SMILES string of the molecule is Cc1ccc(OCC(=O)Nc2ccccc2Br)c(N)c1. The highest BCUT2D eigenvalue weighted by molar-refractivity contribution is 9.10. The van der Waals surface area contributed by atoms with Gasteiger partial charge in [-0.25, -0.2) is 0 Å². The van der Waals surface area contributed by atoms with Gasteiger partial charge in [-0.2, -0.15) is 0 Å². The second-order valence-electron chi connectivity index (χ2n) is 4.36. The van der Waals surface area contributed by atoms with Crippen molar-refractivity contribution in [3.8, 4) is 5.75 Å². The molecule has 0 aliphatic rings. The van der Waals surface area contributed by atoms with Crippen LogP contribution in [0.5, 0.6) is 5.75 Å². The number of carbonyl (C=O) groups excluding carboxylic acids is 1. The number of ether oxygens (including phenoxy) is 1. The van der Waals surface area contributed by atoms with E-state index in [4.69, 9.17) is 10.5 Å². The fourth-order valence-corrected chi connectivity index (χ4v) is 2.08. The number of nitrogen functional groups attached to an aromatic ring is 1. The zero-order chi connectivity index (χ0) is 14.5. The summed E-state index contributed by atoms with van der Waals surface area (Å²) in [7, 11) is 0. The van der Waals surface area contributed by atoms with Crippen LogP contribution in [-0.2, 0) is 4.79 Å². The average Bonchev–Trinajstić information content (AvgIpc) is 2.40. The summed E-state index contributed by atoms with van der Waals surface area (Å²) in [5.41, 5.74) is 8.10. The number of nitrogens with two attached hydrogens (primary N) is 1. The van der Waals surface area contributed by atoms with Gasteiger partial charge < -0.3 is 15.8 Å². The molecule has 1 amide bonds. The first-order chi connectivity index (χ1) is 9.56. The number of hydrogen-bond donors (Lipinski definition) is 2. The van der Waals surface area contributed by atoms with Gasteiger partial charge in [-0.3, -0.25) is 4.79 Å². The molecular formula is C15H15BrN2O2. The van der Waals surface area contributed by atoms with Gasteiger partial charge in [0.2, 0.25) is 0 Å². The molecule has 0 heterocycles. The van der Waals surface area contributed by atoms with E-state index in [2.05, 4.69) is 21.2 Å². The first-order valence-corrected chi connectivity index (χ1v) is 6.89. The number of carbonyl (C=O) groups is 1. The van der Waals surface area contributed by atoms with Gasteiger partial charge in [0, 0.05) is 4.47 Å². The molecule has 0 fully saturated rings. The number of para-hydroxylation sites is 1. The summed E-state index contributed by atoms with van der Waals surface area (Å²) >= 11 is 3.36. The van der Waals surface area contributed by atoms with Crippen molar-refractivity contribution in [3.63, 3.8) is 0 Å². The molecule has 0 aromatic heterocycles. The van der Waals surface area contributed by atoms with E-state index in [0.29, 0.717) is 17.1 Å². The lowest BCUT2D eigenvalue weighted by atomic mass is 10.2. The van der Waals surface area contributed by atoms with Crippen molar-refractivity contribution in [2.75, 3.05) is 17.7 Å². The van der Waals surface area contributed by atoms with Gasteiger partial charge in [0.25, 0.3) is 5.91 Å². The topological polar surface area (TPSA) is 64.3 Å². The Morgan fingerprint density at radius 2 is 2.05 bits per heavy atom. The van der Waals surface area contributed by atoms with E-state index in [-0.39, 0.29) is 12.5 Å². The van der Waals surface area contributed by atoms with Gasteiger partial charge in [0.1, 0.15) is 5.75 Å². The number of anilines is 2. The minimum absolute atomic E-state index is 0.0887. The lowest BCUT2D eigenvalue weighted by Crippen LogP contribution is -2.20. The standard InChI is InChI=1S/C15H15BrN2O2/c1-10-6-7-14(12(17)8-10)20-9-15(19)18-13-5-3-2-4-11(13)16/h2-8H,9,17H2,1H3,(H,18,19). The van der Waals surface area contributed by atoms with Crippen molar-refractivity contribution in [2.45, 2.75) is 6.92 Å². The average molecular weight is 335 g/mol. The molecule has 0 aliphatic heterocycles. The Balaban J connectivity index is 1.94. The lowest BCUT2D eigenvalue weighted by Gasteiger charge is -2.10. The molecule has 0 atom stereocenters. The summed E-state index contributed by atoms with van der Waals surface area (Å²) in [6.07, 6.45) is 0. The molecule has 0 spiro atoms. The van der Waals surface area contributed by atoms with Gasteiger partial charge in [0.05, 0.1) is 11.4 Å². The molecule has 2 aromatic rings. The molecule has 2 rings (SSSR count). The molecule has 0 saturated heterocycles. The number of hydrogen-bond acceptors (Lipinski definition) is 3. The van der Waals surface area contributed by atoms with Crippen molar-refractivity contribution in [1.82, 2.24) is 0 Å². The van der Waals surface area contributed by atoms with Crippen LogP contribution in [-0.4, -0.2) is 12.5 Å². The molecule has 5 heteroatoms. The first-order valence-electron chi connectivity index (χ1n) is 6.09. The van der Waals surface area contributed by atoms with Crippen molar-refractivity contribution < 1.29 is 9.53 Å². The summed E-state index contributed by atoms with van der Waals surface area (Å²) in [6, 6.07) is 12.8. The fraction of sp³-hybridized carbons (Fsp3) is 0.133. The Morgan fingerprint density at radius 3 is 2.75 bits per heavy atom. The lowest BCUT2D eigenvalue weighted by molar-refractivity contribution is -0.118. The summed E-state index contributed by atoms with van der Waals surface area (Å²) in [6.45, 7) is 1.86. The van der Waals surface area contributed by atoms with Crippen LogP contribution in [0.15, 0.2) is 46.9 Å². The van der Waals surface area contributed by atoms with Crippen LogP contribution >= 0.6 is 15.9 Å². The summed E-state index contributed by atoms with van der Waals surface area (Å²) in [5.74, 6) is 0.273. The Kier molecular flexibility index (Phi) is 4.63. The molecule has 4 nitrogen and oxygen atoms in total. The van der Waals surface area contributed by atoms with Crippen LogP contribution < -0.4 is 15.8 Å². The van der Waals surface area contributed by atoms with Gasteiger partial charge in [-0.15, -0.1) is 0 Å². The summed E-state index contributed by atoms with van der Waals surface area (Å²) in [4.78, 5) is 11.8. The third-order valence-electron chi connectivity index (χ3n) is 2.67. The van der Waals surface area contributed by atoms with Crippen LogP contribution in [0.25, 0.3) is 0 Å². The molecular weight excluding hydrogens is 320 g/mol. The Bertz CT molecular complexity index is 629. The molecule has 0 unspecified atom stereocenters. The van der Waals surface area contributed by atoms with Gasteiger partial charge in [-0.1, -0.05) is 18.2 Å². The molecule has 0 aliphatic carbocycles. The predicted molar refractivity (Wildman–Crippen MR) is 83.9 cm³/mol. The highest BCUT2D eigenvalue weighted by Gasteiger charge is 2.07. The van der Waals surface area contributed by atoms with Crippen molar-refractivity contribution in [2.24, 2.45) is 0 Å². The monoisotopic (exact) mass is 334 g/mol. The molecule has 104 valence electrons. The smallest absolute Gasteiger partial charge is 0.262 e. The zero-order valence-electron chi connectivity index (χ0n) is 11.0. The van der Waals surface area contributed by atoms with E-state index in [1.54, 1.807) is 12.1 Å². The van der Waals surface area contributed by atoms with E-state index in [1.165, 1.54) is 0 Å². The molecule has 0 saturated carbocycles. The van der Waals surface area contributed by atoms with Gasteiger partial charge in [0.15, 0.2) is 6.61 Å². The largest absolute Gasteiger partial charge is 0.482 e. The molecule has 20 heavy (non-hydrogen) atoms. The van der Waals surface area contributed by atoms with E-state index in [1.807, 2.05) is 37.3 Å². The fourth-order valence-electron chi connectivity index (χ4n) is 1.69. The number of benzene rings is 2. The predicted octanol–water partition coefficient (Wildman–Crippen LogP) is 3.36. The third kappa shape index (κ3) is 3.74. The summed E-state index contributed by atoms with van der Waals surface area (Å²) < 4.78 is 6.24. The Morgan fingerprint density at radius 1 is 1.30 bits per heavy atom. The van der Waals surface area contributed by atoms with Crippen LogP contribution in [0.2, 0.25) is 0 Å². The van der Waals surface area contributed by atoms with E-state index >= 15 is 0 Å². The van der Waals surface area contributed by atoms with Crippen molar-refractivity contribution in [3.05, 3.63) is 52.5 Å². The van der Waals surface area contributed by atoms with E-state index < -0.39 is 0 Å². The van der Waals surface area contributed by atoms with Crippen LogP contribution in [0.4, 0.5) is 11.4 Å². The highest BCUT2D eigenvalue weighted by Crippen LogP contribution is 2.23. The van der Waals surface area contributed by atoms with Crippen molar-refractivity contribution >= 4 is 33.2 Å². The van der Waals surface area contributed by atoms with Crippen LogP contribution in [0, 0.1) is 6.92 Å². The second-order valence-corrected chi connectivity index (χ2v) is 5.21. The maximum atomic E-state index is 11.8. The Labute approximate surface area is 126 Å². The maximum Gasteiger partial charge on any atom is 0.262 e. The normalized spacial score (nSPS) is 10.1. The molecule has 0 radical (unpaired) electrons. The zero-order valence-corrected chi connectivity index (χ0v) is 12.6. The summed E-state index contributed by atoms with van der Waals surface area (Å²) in [5, 5.41) is 2.76.